The second-order valence-corrected chi connectivity index (χ2v) is 6.00. The SMILES string of the molecule is CCCC(=O)N(Cc1ccccc1F)c1cc(C(=O)OCC)ccc1[N+](=O)[O-]. The Kier molecular flexibility index (Phi) is 7.20. The Hall–Kier alpha value is -3.29. The van der Waals surface area contributed by atoms with Gasteiger partial charge < -0.3 is 9.64 Å². The van der Waals surface area contributed by atoms with Crippen molar-refractivity contribution in [1.29, 1.82) is 0 Å². The van der Waals surface area contributed by atoms with E-state index in [1.54, 1.807) is 19.9 Å². The molecule has 0 aromatic heterocycles. The average molecular weight is 388 g/mol. The van der Waals surface area contributed by atoms with Crippen LogP contribution in [0.1, 0.15) is 42.6 Å². The molecule has 0 heterocycles. The predicted octanol–water partition coefficient (Wildman–Crippen LogP) is 4.24. The molecule has 0 radical (unpaired) electrons. The van der Waals surface area contributed by atoms with Crippen LogP contribution in [0.5, 0.6) is 0 Å². The van der Waals surface area contributed by atoms with Crippen LogP contribution in [0.25, 0.3) is 0 Å². The van der Waals surface area contributed by atoms with E-state index in [9.17, 15) is 24.1 Å². The summed E-state index contributed by atoms with van der Waals surface area (Å²) in [4.78, 5) is 36.8. The lowest BCUT2D eigenvalue weighted by molar-refractivity contribution is -0.384. The molecule has 0 aliphatic rings. The number of ether oxygens (including phenoxy) is 1. The molecule has 8 heteroatoms. The van der Waals surface area contributed by atoms with E-state index < -0.39 is 22.6 Å². The number of carbonyl (C=O) groups is 2. The summed E-state index contributed by atoms with van der Waals surface area (Å²) in [6, 6.07) is 9.54. The van der Waals surface area contributed by atoms with E-state index in [-0.39, 0.29) is 42.1 Å². The van der Waals surface area contributed by atoms with Crippen LogP contribution in [-0.2, 0) is 16.1 Å². The van der Waals surface area contributed by atoms with Gasteiger partial charge in [0, 0.05) is 18.1 Å². The largest absolute Gasteiger partial charge is 0.462 e. The lowest BCUT2D eigenvalue weighted by Crippen LogP contribution is -2.31. The van der Waals surface area contributed by atoms with Crippen molar-refractivity contribution < 1.29 is 23.6 Å². The van der Waals surface area contributed by atoms with Crippen LogP contribution >= 0.6 is 0 Å². The third kappa shape index (κ3) is 4.91. The molecule has 7 nitrogen and oxygen atoms in total. The van der Waals surface area contributed by atoms with Crippen molar-refractivity contribution in [2.75, 3.05) is 11.5 Å². The molecule has 0 aliphatic heterocycles. The maximum Gasteiger partial charge on any atom is 0.338 e. The van der Waals surface area contributed by atoms with E-state index in [2.05, 4.69) is 0 Å². The van der Waals surface area contributed by atoms with Crippen LogP contribution in [0.4, 0.5) is 15.8 Å². The first-order valence-corrected chi connectivity index (χ1v) is 8.88. The van der Waals surface area contributed by atoms with Gasteiger partial charge in [0.05, 0.1) is 23.6 Å². The van der Waals surface area contributed by atoms with E-state index in [4.69, 9.17) is 4.74 Å². The number of carbonyl (C=O) groups excluding carboxylic acids is 2. The number of amides is 1. The molecule has 0 bridgehead atoms. The van der Waals surface area contributed by atoms with Crippen molar-refractivity contribution >= 4 is 23.3 Å². The second-order valence-electron chi connectivity index (χ2n) is 6.00. The van der Waals surface area contributed by atoms with Crippen molar-refractivity contribution in [3.8, 4) is 0 Å². The van der Waals surface area contributed by atoms with Crippen molar-refractivity contribution in [3.05, 3.63) is 69.5 Å². The van der Waals surface area contributed by atoms with Gasteiger partial charge in [-0.05, 0) is 31.5 Å². The van der Waals surface area contributed by atoms with E-state index in [0.29, 0.717) is 6.42 Å². The molecule has 2 aromatic rings. The van der Waals surface area contributed by atoms with E-state index in [0.717, 1.165) is 11.0 Å². The Bertz CT molecular complexity index is 885. The highest BCUT2D eigenvalue weighted by Gasteiger charge is 2.26. The fraction of sp³-hybridized carbons (Fsp3) is 0.300. The van der Waals surface area contributed by atoms with E-state index in [1.807, 2.05) is 0 Å². The molecule has 1 amide bonds. The molecule has 0 saturated heterocycles. The molecule has 0 unspecified atom stereocenters. The van der Waals surface area contributed by atoms with E-state index >= 15 is 0 Å². The number of nitro benzene ring substituents is 1. The monoisotopic (exact) mass is 388 g/mol. The number of benzene rings is 2. The highest BCUT2D eigenvalue weighted by molar-refractivity contribution is 5.98. The number of nitrogens with zero attached hydrogens (tertiary/aromatic N) is 2. The van der Waals surface area contributed by atoms with Crippen molar-refractivity contribution in [2.24, 2.45) is 0 Å². The molecule has 0 aliphatic carbocycles. The van der Waals surface area contributed by atoms with Gasteiger partial charge in [-0.2, -0.15) is 0 Å². The van der Waals surface area contributed by atoms with Crippen LogP contribution < -0.4 is 4.90 Å². The van der Waals surface area contributed by atoms with Gasteiger partial charge >= 0.3 is 5.97 Å². The van der Waals surface area contributed by atoms with Gasteiger partial charge in [0.15, 0.2) is 0 Å². The summed E-state index contributed by atoms with van der Waals surface area (Å²) in [6.45, 7) is 3.37. The summed E-state index contributed by atoms with van der Waals surface area (Å²) in [5.41, 5.74) is -0.140. The molecule has 2 aromatic carbocycles. The summed E-state index contributed by atoms with van der Waals surface area (Å²) in [5, 5.41) is 11.5. The molecule has 28 heavy (non-hydrogen) atoms. The number of esters is 1. The van der Waals surface area contributed by atoms with Crippen LogP contribution in [0.15, 0.2) is 42.5 Å². The number of anilines is 1. The first-order valence-electron chi connectivity index (χ1n) is 8.88. The summed E-state index contributed by atoms with van der Waals surface area (Å²) >= 11 is 0. The maximum atomic E-state index is 14.1. The molecule has 0 saturated carbocycles. The number of nitro groups is 1. The fourth-order valence-electron chi connectivity index (χ4n) is 2.69. The van der Waals surface area contributed by atoms with Gasteiger partial charge in [-0.15, -0.1) is 0 Å². The minimum atomic E-state index is -0.660. The zero-order valence-electron chi connectivity index (χ0n) is 15.7. The molecular weight excluding hydrogens is 367 g/mol. The molecule has 2 rings (SSSR count). The van der Waals surface area contributed by atoms with Gasteiger partial charge in [-0.25, -0.2) is 9.18 Å². The smallest absolute Gasteiger partial charge is 0.338 e. The molecule has 0 N–H and O–H groups in total. The first kappa shape index (κ1) is 21.0. The number of halogens is 1. The van der Waals surface area contributed by atoms with Gasteiger partial charge in [-0.1, -0.05) is 25.1 Å². The Morgan fingerprint density at radius 2 is 1.89 bits per heavy atom. The molecular formula is C20H21FN2O5. The van der Waals surface area contributed by atoms with Crippen LogP contribution in [0, 0.1) is 15.9 Å². The summed E-state index contributed by atoms with van der Waals surface area (Å²) < 4.78 is 19.1. The first-order chi connectivity index (χ1) is 13.4. The fourth-order valence-corrected chi connectivity index (χ4v) is 2.69. The number of hydrogen-bond donors (Lipinski definition) is 0. The Balaban J connectivity index is 2.57. The van der Waals surface area contributed by atoms with E-state index in [1.165, 1.54) is 30.3 Å². The van der Waals surface area contributed by atoms with Crippen LogP contribution in [-0.4, -0.2) is 23.4 Å². The van der Waals surface area contributed by atoms with Crippen LogP contribution in [0.3, 0.4) is 0 Å². The molecule has 0 atom stereocenters. The quantitative estimate of drug-likeness (QED) is 0.383. The summed E-state index contributed by atoms with van der Waals surface area (Å²) in [5.74, 6) is -1.59. The van der Waals surface area contributed by atoms with Gasteiger partial charge in [-0.3, -0.25) is 14.9 Å². The molecule has 0 spiro atoms. The highest BCUT2D eigenvalue weighted by Crippen LogP contribution is 2.32. The Labute approximate surface area is 161 Å². The normalized spacial score (nSPS) is 10.4. The van der Waals surface area contributed by atoms with Crippen LogP contribution in [0.2, 0.25) is 0 Å². The van der Waals surface area contributed by atoms with Crippen molar-refractivity contribution in [1.82, 2.24) is 0 Å². The second kappa shape index (κ2) is 9.59. The summed E-state index contributed by atoms with van der Waals surface area (Å²) in [7, 11) is 0. The predicted molar refractivity (Wildman–Crippen MR) is 102 cm³/mol. The Morgan fingerprint density at radius 1 is 1.18 bits per heavy atom. The lowest BCUT2D eigenvalue weighted by atomic mass is 10.1. The maximum absolute atomic E-state index is 14.1. The third-order valence-electron chi connectivity index (χ3n) is 4.03. The zero-order valence-corrected chi connectivity index (χ0v) is 15.7. The minimum Gasteiger partial charge on any atom is -0.462 e. The number of hydrogen-bond acceptors (Lipinski definition) is 5. The molecule has 0 fully saturated rings. The van der Waals surface area contributed by atoms with Gasteiger partial charge in [0.1, 0.15) is 11.5 Å². The average Bonchev–Trinajstić information content (AvgIpc) is 2.67. The lowest BCUT2D eigenvalue weighted by Gasteiger charge is -2.23. The minimum absolute atomic E-state index is 0.0720. The van der Waals surface area contributed by atoms with Crippen molar-refractivity contribution in [3.63, 3.8) is 0 Å². The Morgan fingerprint density at radius 3 is 2.50 bits per heavy atom. The highest BCUT2D eigenvalue weighted by atomic mass is 19.1. The molecule has 148 valence electrons. The van der Waals surface area contributed by atoms with Gasteiger partial charge in [0.25, 0.3) is 5.69 Å². The topological polar surface area (TPSA) is 89.8 Å². The summed E-state index contributed by atoms with van der Waals surface area (Å²) in [6.07, 6.45) is 0.632. The van der Waals surface area contributed by atoms with Crippen molar-refractivity contribution in [2.45, 2.75) is 33.2 Å². The van der Waals surface area contributed by atoms with Gasteiger partial charge in [0.2, 0.25) is 5.91 Å². The zero-order chi connectivity index (χ0) is 20.7. The third-order valence-corrected chi connectivity index (χ3v) is 4.03. The number of rotatable bonds is 8. The standard InChI is InChI=1S/C20H21FN2O5/c1-3-7-19(24)22(13-15-8-5-6-9-16(15)21)18-12-14(20(25)28-4-2)10-11-17(18)23(26)27/h5-6,8-12H,3-4,7,13H2,1-2H3.